The number of nitrogens with zero attached hydrogens (tertiary/aromatic N) is 1. The number of carboxylic acids is 1. The van der Waals surface area contributed by atoms with Gasteiger partial charge in [0.2, 0.25) is 10.0 Å². The van der Waals surface area contributed by atoms with Crippen molar-refractivity contribution in [2.75, 3.05) is 19.7 Å². The number of ether oxygens (including phenoxy) is 1. The molecule has 2 aliphatic rings. The lowest BCUT2D eigenvalue weighted by Gasteiger charge is -2.35. The molecule has 1 heterocycles. The number of hydrogen-bond acceptors (Lipinski definition) is 4. The smallest absolute Gasteiger partial charge is 0.306 e. The molecule has 1 atom stereocenters. The Balaban J connectivity index is 2.00. The molecule has 19 heavy (non-hydrogen) atoms. The van der Waals surface area contributed by atoms with Crippen molar-refractivity contribution < 1.29 is 23.1 Å². The number of morpholine rings is 1. The van der Waals surface area contributed by atoms with Gasteiger partial charge < -0.3 is 9.84 Å². The molecule has 1 saturated carbocycles. The van der Waals surface area contributed by atoms with Crippen molar-refractivity contribution in [1.82, 2.24) is 4.31 Å². The summed E-state index contributed by atoms with van der Waals surface area (Å²) in [5.74, 6) is -0.957. The van der Waals surface area contributed by atoms with Gasteiger partial charge in [0.1, 0.15) is 0 Å². The summed E-state index contributed by atoms with van der Waals surface area (Å²) in [6.45, 7) is 0.796. The number of rotatable bonds is 4. The molecule has 2 fully saturated rings. The molecule has 1 N–H and O–H groups in total. The molecule has 0 aromatic carbocycles. The molecule has 0 spiro atoms. The first-order valence-electron chi connectivity index (χ1n) is 6.82. The lowest BCUT2D eigenvalue weighted by Crippen LogP contribution is -2.49. The molecular formula is C12H21NO5S. The van der Waals surface area contributed by atoms with E-state index in [2.05, 4.69) is 0 Å². The van der Waals surface area contributed by atoms with E-state index in [-0.39, 0.29) is 24.8 Å². The average molecular weight is 291 g/mol. The van der Waals surface area contributed by atoms with Crippen LogP contribution >= 0.6 is 0 Å². The van der Waals surface area contributed by atoms with Gasteiger partial charge in [0.05, 0.1) is 24.4 Å². The van der Waals surface area contributed by atoms with E-state index in [0.29, 0.717) is 6.54 Å². The summed E-state index contributed by atoms with van der Waals surface area (Å²) in [7, 11) is -3.29. The summed E-state index contributed by atoms with van der Waals surface area (Å²) in [5, 5.41) is 8.47. The first-order valence-corrected chi connectivity index (χ1v) is 8.33. The molecule has 0 aromatic rings. The van der Waals surface area contributed by atoms with E-state index in [1.807, 2.05) is 0 Å². The summed E-state index contributed by atoms with van der Waals surface area (Å²) in [6.07, 6.45) is 3.82. The predicted octanol–water partition coefficient (Wildman–Crippen LogP) is 0.824. The van der Waals surface area contributed by atoms with Crippen molar-refractivity contribution in [1.29, 1.82) is 0 Å². The molecule has 2 rings (SSSR count). The summed E-state index contributed by atoms with van der Waals surface area (Å²) in [5.41, 5.74) is 0. The van der Waals surface area contributed by atoms with E-state index < -0.39 is 22.1 Å². The molecule has 0 amide bonds. The predicted molar refractivity (Wildman–Crippen MR) is 69.4 cm³/mol. The highest BCUT2D eigenvalue weighted by Crippen LogP contribution is 2.27. The van der Waals surface area contributed by atoms with Crippen LogP contribution < -0.4 is 0 Å². The third kappa shape index (κ3) is 3.67. The van der Waals surface area contributed by atoms with Crippen LogP contribution in [0, 0.1) is 0 Å². The molecular weight excluding hydrogens is 270 g/mol. The second kappa shape index (κ2) is 6.19. The fourth-order valence-electron chi connectivity index (χ4n) is 2.82. The molecule has 7 heteroatoms. The van der Waals surface area contributed by atoms with E-state index >= 15 is 0 Å². The van der Waals surface area contributed by atoms with E-state index in [9.17, 15) is 13.2 Å². The Morgan fingerprint density at radius 2 is 1.95 bits per heavy atom. The summed E-state index contributed by atoms with van der Waals surface area (Å²) >= 11 is 0. The van der Waals surface area contributed by atoms with Gasteiger partial charge in [0.15, 0.2) is 0 Å². The standard InChI is InChI=1S/C12H21NO5S/c14-12(15)8-10-9-13(6-7-18-10)19(16,17)11-4-2-1-3-5-11/h10-11H,1-9H2,(H,14,15). The third-order valence-electron chi connectivity index (χ3n) is 3.84. The number of sulfonamides is 1. The van der Waals surface area contributed by atoms with Crippen molar-refractivity contribution in [3.8, 4) is 0 Å². The Morgan fingerprint density at radius 3 is 2.58 bits per heavy atom. The summed E-state index contributed by atoms with van der Waals surface area (Å²) < 4.78 is 31.7. The van der Waals surface area contributed by atoms with Crippen LogP contribution in [-0.2, 0) is 19.6 Å². The van der Waals surface area contributed by atoms with Gasteiger partial charge in [-0.25, -0.2) is 8.42 Å². The lowest BCUT2D eigenvalue weighted by molar-refractivity contribution is -0.141. The Morgan fingerprint density at radius 1 is 1.26 bits per heavy atom. The first-order chi connectivity index (χ1) is 9.00. The van der Waals surface area contributed by atoms with Crippen molar-refractivity contribution >= 4 is 16.0 Å². The maximum atomic E-state index is 12.5. The SMILES string of the molecule is O=C(O)CC1CN(S(=O)(=O)C2CCCCC2)CCO1. The van der Waals surface area contributed by atoms with Gasteiger partial charge in [-0.2, -0.15) is 4.31 Å². The maximum Gasteiger partial charge on any atom is 0.306 e. The zero-order valence-electron chi connectivity index (χ0n) is 11.0. The number of aliphatic carboxylic acids is 1. The maximum absolute atomic E-state index is 12.5. The highest BCUT2D eigenvalue weighted by molar-refractivity contribution is 7.89. The monoisotopic (exact) mass is 291 g/mol. The molecule has 1 unspecified atom stereocenters. The minimum atomic E-state index is -3.29. The quantitative estimate of drug-likeness (QED) is 0.829. The fraction of sp³-hybridized carbons (Fsp3) is 0.917. The molecule has 1 aliphatic heterocycles. The van der Waals surface area contributed by atoms with Crippen molar-refractivity contribution in [2.24, 2.45) is 0 Å². The van der Waals surface area contributed by atoms with E-state index in [1.165, 1.54) is 4.31 Å². The van der Waals surface area contributed by atoms with Gasteiger partial charge in [0, 0.05) is 13.1 Å². The van der Waals surface area contributed by atoms with Crippen LogP contribution in [0.25, 0.3) is 0 Å². The molecule has 0 bridgehead atoms. The Bertz CT molecular complexity index is 416. The Labute approximate surface area is 113 Å². The molecule has 1 aliphatic carbocycles. The van der Waals surface area contributed by atoms with Crippen LogP contribution in [0.2, 0.25) is 0 Å². The Hall–Kier alpha value is -0.660. The van der Waals surface area contributed by atoms with Crippen LogP contribution in [0.5, 0.6) is 0 Å². The van der Waals surface area contributed by atoms with Gasteiger partial charge in [-0.1, -0.05) is 19.3 Å². The molecule has 0 radical (unpaired) electrons. The zero-order valence-corrected chi connectivity index (χ0v) is 11.8. The molecule has 110 valence electrons. The van der Waals surface area contributed by atoms with E-state index in [1.54, 1.807) is 0 Å². The van der Waals surface area contributed by atoms with Crippen LogP contribution in [0.3, 0.4) is 0 Å². The molecule has 0 aromatic heterocycles. The number of hydrogen-bond donors (Lipinski definition) is 1. The summed E-state index contributed by atoms with van der Waals surface area (Å²) in [4.78, 5) is 10.7. The first kappa shape index (κ1) is 14.7. The average Bonchev–Trinajstić information content (AvgIpc) is 2.39. The fourth-order valence-corrected chi connectivity index (χ4v) is 4.87. The third-order valence-corrected chi connectivity index (χ3v) is 6.20. The van der Waals surface area contributed by atoms with E-state index in [0.717, 1.165) is 32.1 Å². The van der Waals surface area contributed by atoms with Crippen LogP contribution in [0.4, 0.5) is 0 Å². The zero-order chi connectivity index (χ0) is 13.9. The largest absolute Gasteiger partial charge is 0.481 e. The lowest BCUT2D eigenvalue weighted by atomic mass is 10.0. The van der Waals surface area contributed by atoms with Gasteiger partial charge in [-0.15, -0.1) is 0 Å². The normalized spacial score (nSPS) is 27.3. The van der Waals surface area contributed by atoms with Gasteiger partial charge in [-0.05, 0) is 12.8 Å². The Kier molecular flexibility index (Phi) is 4.81. The minimum absolute atomic E-state index is 0.142. The number of carbonyl (C=O) groups is 1. The minimum Gasteiger partial charge on any atom is -0.481 e. The van der Waals surface area contributed by atoms with Crippen LogP contribution in [0.15, 0.2) is 0 Å². The van der Waals surface area contributed by atoms with E-state index in [4.69, 9.17) is 9.84 Å². The van der Waals surface area contributed by atoms with Gasteiger partial charge in [-0.3, -0.25) is 4.79 Å². The van der Waals surface area contributed by atoms with Crippen molar-refractivity contribution in [3.63, 3.8) is 0 Å². The highest BCUT2D eigenvalue weighted by Gasteiger charge is 2.36. The van der Waals surface area contributed by atoms with Gasteiger partial charge in [0.25, 0.3) is 0 Å². The number of carboxylic acid groups (broad SMARTS) is 1. The molecule has 6 nitrogen and oxygen atoms in total. The van der Waals surface area contributed by atoms with Crippen LogP contribution in [0.1, 0.15) is 38.5 Å². The highest BCUT2D eigenvalue weighted by atomic mass is 32.2. The van der Waals surface area contributed by atoms with Gasteiger partial charge >= 0.3 is 5.97 Å². The second-order valence-electron chi connectivity index (χ2n) is 5.25. The second-order valence-corrected chi connectivity index (χ2v) is 7.47. The topological polar surface area (TPSA) is 83.9 Å². The van der Waals surface area contributed by atoms with Crippen molar-refractivity contribution in [2.45, 2.75) is 49.9 Å². The molecule has 1 saturated heterocycles. The summed E-state index contributed by atoms with van der Waals surface area (Å²) in [6, 6.07) is 0. The van der Waals surface area contributed by atoms with Crippen molar-refractivity contribution in [3.05, 3.63) is 0 Å². The van der Waals surface area contributed by atoms with Crippen LogP contribution in [-0.4, -0.2) is 54.8 Å².